The molecule has 0 aromatic carbocycles. The van der Waals surface area contributed by atoms with E-state index in [9.17, 15) is 19.8 Å². The number of carbonyl (C=O) groups excluding carboxylic acids is 2. The van der Waals surface area contributed by atoms with Gasteiger partial charge in [0.25, 0.3) is 0 Å². The summed E-state index contributed by atoms with van der Waals surface area (Å²) in [5.41, 5.74) is 0. The molecule has 0 radical (unpaired) electrons. The van der Waals surface area contributed by atoms with Crippen LogP contribution in [0.3, 0.4) is 0 Å². The highest BCUT2D eigenvalue weighted by Crippen LogP contribution is 2.18. The van der Waals surface area contributed by atoms with Crippen LogP contribution in [0.4, 0.5) is 0 Å². The fourth-order valence-electron chi connectivity index (χ4n) is 7.23. The highest BCUT2D eigenvalue weighted by atomic mass is 16.5. The molecule has 314 valence electrons. The van der Waals surface area contributed by atoms with E-state index in [1.807, 2.05) is 0 Å². The van der Waals surface area contributed by atoms with Gasteiger partial charge in [-0.05, 0) is 44.9 Å². The summed E-state index contributed by atoms with van der Waals surface area (Å²) in [6.07, 6.45) is 44.1. The summed E-state index contributed by atoms with van der Waals surface area (Å²) in [7, 11) is 0. The quantitative estimate of drug-likeness (QED) is 0.0328. The minimum Gasteiger partial charge on any atom is -0.462 e. The van der Waals surface area contributed by atoms with Gasteiger partial charge in [0.1, 0.15) is 6.10 Å². The number of unbranched alkanes of at least 4 members (excludes halogenated alkanes) is 28. The summed E-state index contributed by atoms with van der Waals surface area (Å²) in [5, 5.41) is 23.6. The van der Waals surface area contributed by atoms with Crippen molar-refractivity contribution in [2.24, 2.45) is 0 Å². The van der Waals surface area contributed by atoms with Crippen LogP contribution >= 0.6 is 0 Å². The lowest BCUT2D eigenvalue weighted by molar-refractivity contribution is -0.151. The Kier molecular flexibility index (Phi) is 40.7. The molecule has 0 aliphatic rings. The predicted octanol–water partition coefficient (Wildman–Crippen LogP) is 13.4. The van der Waals surface area contributed by atoms with Crippen LogP contribution in [-0.2, 0) is 14.3 Å². The number of carbonyl (C=O) groups is 2. The van der Waals surface area contributed by atoms with Crippen molar-refractivity contribution in [2.75, 3.05) is 6.61 Å². The van der Waals surface area contributed by atoms with Crippen LogP contribution in [0.25, 0.3) is 0 Å². The van der Waals surface area contributed by atoms with E-state index in [0.717, 1.165) is 64.2 Å². The number of amides is 1. The van der Waals surface area contributed by atoms with Gasteiger partial charge in [-0.2, -0.15) is 0 Å². The molecule has 6 heteroatoms. The standard InChI is InChI=1S/C47H91NO5/c1-4-7-10-13-16-19-21-23-25-28-31-34-37-40-47(52)53-43(38-35-32-29-26-18-15-12-9-6-3)41-46(51)48-44(42-49)45(50)39-36-33-30-27-24-22-20-17-14-11-8-5-2/h15,18,43-45,49-50H,4-14,16-17,19-42H2,1-3H3,(H,48,51)/b18-15-. The van der Waals surface area contributed by atoms with Crippen LogP contribution in [0, 0.1) is 0 Å². The topological polar surface area (TPSA) is 95.9 Å². The first-order valence-corrected chi connectivity index (χ1v) is 23.4. The maximum absolute atomic E-state index is 13.1. The maximum Gasteiger partial charge on any atom is 0.306 e. The van der Waals surface area contributed by atoms with Crippen LogP contribution in [0.15, 0.2) is 12.2 Å². The first-order chi connectivity index (χ1) is 26.0. The number of rotatable bonds is 42. The average molecular weight is 750 g/mol. The largest absolute Gasteiger partial charge is 0.462 e. The Morgan fingerprint density at radius 2 is 0.925 bits per heavy atom. The van der Waals surface area contributed by atoms with Crippen molar-refractivity contribution in [1.29, 1.82) is 0 Å². The van der Waals surface area contributed by atoms with Crippen molar-refractivity contribution in [1.82, 2.24) is 5.32 Å². The number of esters is 1. The average Bonchev–Trinajstić information content (AvgIpc) is 3.15. The van der Waals surface area contributed by atoms with Crippen LogP contribution in [0.2, 0.25) is 0 Å². The van der Waals surface area contributed by atoms with E-state index in [2.05, 4.69) is 38.2 Å². The van der Waals surface area contributed by atoms with Crippen molar-refractivity contribution in [3.05, 3.63) is 12.2 Å². The van der Waals surface area contributed by atoms with Crippen molar-refractivity contribution < 1.29 is 24.5 Å². The number of hydrogen-bond acceptors (Lipinski definition) is 5. The molecule has 3 N–H and O–H groups in total. The molecule has 0 saturated heterocycles. The number of hydrogen-bond donors (Lipinski definition) is 3. The highest BCUT2D eigenvalue weighted by Gasteiger charge is 2.24. The fraction of sp³-hybridized carbons (Fsp3) is 0.915. The van der Waals surface area contributed by atoms with Crippen molar-refractivity contribution in [3.63, 3.8) is 0 Å². The van der Waals surface area contributed by atoms with Crippen molar-refractivity contribution in [2.45, 2.75) is 270 Å². The monoisotopic (exact) mass is 750 g/mol. The fourth-order valence-corrected chi connectivity index (χ4v) is 7.23. The summed E-state index contributed by atoms with van der Waals surface area (Å²) in [6, 6.07) is -0.697. The van der Waals surface area contributed by atoms with Gasteiger partial charge in [-0.3, -0.25) is 9.59 Å². The molecular weight excluding hydrogens is 659 g/mol. The molecule has 0 aromatic rings. The van der Waals surface area contributed by atoms with Gasteiger partial charge >= 0.3 is 5.97 Å². The molecule has 0 fully saturated rings. The first-order valence-electron chi connectivity index (χ1n) is 23.4. The van der Waals surface area contributed by atoms with E-state index >= 15 is 0 Å². The number of ether oxygens (including phenoxy) is 1. The van der Waals surface area contributed by atoms with Gasteiger partial charge in [0.15, 0.2) is 0 Å². The van der Waals surface area contributed by atoms with Gasteiger partial charge in [0.05, 0.1) is 25.2 Å². The van der Waals surface area contributed by atoms with Crippen LogP contribution < -0.4 is 5.32 Å². The Morgan fingerprint density at radius 3 is 1.40 bits per heavy atom. The zero-order valence-electron chi connectivity index (χ0n) is 35.7. The zero-order valence-corrected chi connectivity index (χ0v) is 35.7. The molecule has 0 spiro atoms. The molecule has 0 aliphatic heterocycles. The molecule has 0 aromatic heterocycles. The first kappa shape index (κ1) is 51.6. The summed E-state index contributed by atoms with van der Waals surface area (Å²) in [6.45, 7) is 6.43. The Labute approximate surface area is 329 Å². The van der Waals surface area contributed by atoms with Crippen molar-refractivity contribution >= 4 is 11.9 Å². The van der Waals surface area contributed by atoms with Gasteiger partial charge in [-0.15, -0.1) is 0 Å². The third-order valence-corrected chi connectivity index (χ3v) is 10.8. The van der Waals surface area contributed by atoms with E-state index in [1.54, 1.807) is 0 Å². The van der Waals surface area contributed by atoms with Gasteiger partial charge in [-0.1, -0.05) is 206 Å². The molecule has 3 unspecified atom stereocenters. The molecule has 0 saturated carbocycles. The Morgan fingerprint density at radius 1 is 0.528 bits per heavy atom. The third-order valence-electron chi connectivity index (χ3n) is 10.8. The number of nitrogens with one attached hydrogen (secondary N) is 1. The Bertz CT molecular complexity index is 802. The van der Waals surface area contributed by atoms with E-state index in [4.69, 9.17) is 4.74 Å². The van der Waals surface area contributed by atoms with Gasteiger partial charge in [-0.25, -0.2) is 0 Å². The van der Waals surface area contributed by atoms with Crippen LogP contribution in [-0.4, -0.2) is 46.9 Å². The zero-order chi connectivity index (χ0) is 38.9. The van der Waals surface area contributed by atoms with Crippen LogP contribution in [0.1, 0.15) is 252 Å². The minimum absolute atomic E-state index is 0.0725. The van der Waals surface area contributed by atoms with Crippen molar-refractivity contribution in [3.8, 4) is 0 Å². The third kappa shape index (κ3) is 37.3. The minimum atomic E-state index is -0.783. The second kappa shape index (κ2) is 41.8. The molecule has 0 rings (SSSR count). The highest BCUT2D eigenvalue weighted by molar-refractivity contribution is 5.77. The molecular formula is C47H91NO5. The molecule has 3 atom stereocenters. The van der Waals surface area contributed by atoms with E-state index in [1.165, 1.54) is 141 Å². The van der Waals surface area contributed by atoms with Crippen LogP contribution in [0.5, 0.6) is 0 Å². The number of aliphatic hydroxyl groups excluding tert-OH is 2. The summed E-state index contributed by atoms with van der Waals surface area (Å²) in [5.74, 6) is -0.481. The summed E-state index contributed by atoms with van der Waals surface area (Å²) in [4.78, 5) is 25.9. The molecule has 0 heterocycles. The lowest BCUT2D eigenvalue weighted by atomic mass is 10.0. The molecule has 0 aliphatic carbocycles. The van der Waals surface area contributed by atoms with E-state index < -0.39 is 18.2 Å². The predicted molar refractivity (Wildman–Crippen MR) is 227 cm³/mol. The normalized spacial score (nSPS) is 13.4. The van der Waals surface area contributed by atoms with E-state index in [0.29, 0.717) is 19.3 Å². The lowest BCUT2D eigenvalue weighted by Gasteiger charge is -2.24. The molecule has 1 amide bonds. The second-order valence-electron chi connectivity index (χ2n) is 16.2. The molecule has 0 bridgehead atoms. The number of aliphatic hydroxyl groups is 2. The van der Waals surface area contributed by atoms with E-state index in [-0.39, 0.29) is 24.9 Å². The summed E-state index contributed by atoms with van der Waals surface area (Å²) < 4.78 is 5.89. The SMILES string of the molecule is CCCC/C=C\CCCCCC(CC(=O)NC(CO)C(O)CCCCCCCCCCCCCC)OC(=O)CCCCCCCCCCCCCCC. The second-order valence-corrected chi connectivity index (χ2v) is 16.2. The van der Waals surface area contributed by atoms with Gasteiger partial charge < -0.3 is 20.3 Å². The van der Waals surface area contributed by atoms with Gasteiger partial charge in [0.2, 0.25) is 5.91 Å². The number of allylic oxidation sites excluding steroid dienone is 2. The maximum atomic E-state index is 13.1. The molecule has 53 heavy (non-hydrogen) atoms. The Hall–Kier alpha value is -1.40. The Balaban J connectivity index is 4.50. The smallest absolute Gasteiger partial charge is 0.306 e. The lowest BCUT2D eigenvalue weighted by Crippen LogP contribution is -2.46. The molecule has 6 nitrogen and oxygen atoms in total. The van der Waals surface area contributed by atoms with Gasteiger partial charge in [0, 0.05) is 6.42 Å². The summed E-state index contributed by atoms with van der Waals surface area (Å²) >= 11 is 0.